The Kier molecular flexibility index (Phi) is 6.44. The van der Waals surface area contributed by atoms with Crippen LogP contribution in [0.15, 0.2) is 10.7 Å². The third kappa shape index (κ3) is 5.00. The minimum atomic E-state index is 0.776. The molecule has 1 aromatic rings. The molecule has 0 spiro atoms. The first-order valence-corrected chi connectivity index (χ1v) is 6.70. The van der Waals surface area contributed by atoms with Crippen molar-refractivity contribution in [2.24, 2.45) is 0 Å². The molecule has 1 rings (SSSR count). The van der Waals surface area contributed by atoms with Crippen molar-refractivity contribution in [1.82, 2.24) is 9.97 Å². The maximum absolute atomic E-state index is 5.05. The number of hydrogen-bond donors (Lipinski definition) is 0. The Morgan fingerprint density at radius 1 is 1.41 bits per heavy atom. The molecule has 5 heteroatoms. The average molecular weight is 302 g/mol. The highest BCUT2D eigenvalue weighted by Crippen LogP contribution is 2.16. The van der Waals surface area contributed by atoms with Crippen LogP contribution >= 0.6 is 15.9 Å². The number of aromatic nitrogens is 2. The van der Waals surface area contributed by atoms with E-state index < -0.39 is 0 Å². The SMILES string of the molecule is CCCc1nc(Br)cc(N(C)CCCOC)n1. The molecule has 0 bridgehead atoms. The van der Waals surface area contributed by atoms with Gasteiger partial charge in [-0.3, -0.25) is 0 Å². The average Bonchev–Trinajstić information content (AvgIpc) is 2.29. The van der Waals surface area contributed by atoms with Gasteiger partial charge >= 0.3 is 0 Å². The van der Waals surface area contributed by atoms with Gasteiger partial charge < -0.3 is 9.64 Å². The second-order valence-electron chi connectivity index (χ2n) is 3.98. The zero-order valence-corrected chi connectivity index (χ0v) is 12.3. The van der Waals surface area contributed by atoms with Crippen molar-refractivity contribution < 1.29 is 4.74 Å². The van der Waals surface area contributed by atoms with Gasteiger partial charge in [0.05, 0.1) is 0 Å². The molecular weight excluding hydrogens is 282 g/mol. The van der Waals surface area contributed by atoms with Crippen LogP contribution in [0.5, 0.6) is 0 Å². The van der Waals surface area contributed by atoms with Crippen LogP contribution in [0.25, 0.3) is 0 Å². The van der Waals surface area contributed by atoms with Gasteiger partial charge in [0.2, 0.25) is 0 Å². The van der Waals surface area contributed by atoms with E-state index in [9.17, 15) is 0 Å². The first-order chi connectivity index (χ1) is 8.17. The molecule has 1 heterocycles. The molecule has 0 saturated carbocycles. The number of halogens is 1. The van der Waals surface area contributed by atoms with E-state index in [1.54, 1.807) is 7.11 Å². The van der Waals surface area contributed by atoms with Crippen LogP contribution in [0.1, 0.15) is 25.6 Å². The lowest BCUT2D eigenvalue weighted by atomic mass is 10.3. The molecule has 0 aromatic carbocycles. The highest BCUT2D eigenvalue weighted by Gasteiger charge is 2.06. The summed E-state index contributed by atoms with van der Waals surface area (Å²) in [5.74, 6) is 1.86. The quantitative estimate of drug-likeness (QED) is 0.573. The molecule has 0 amide bonds. The maximum Gasteiger partial charge on any atom is 0.133 e. The molecule has 0 aliphatic rings. The van der Waals surface area contributed by atoms with Crippen LogP contribution in [0.4, 0.5) is 5.82 Å². The fourth-order valence-corrected chi connectivity index (χ4v) is 1.95. The highest BCUT2D eigenvalue weighted by molar-refractivity contribution is 9.10. The third-order valence-corrected chi connectivity index (χ3v) is 2.84. The van der Waals surface area contributed by atoms with Crippen molar-refractivity contribution >= 4 is 21.7 Å². The molecule has 0 radical (unpaired) electrons. The molecule has 1 aromatic heterocycles. The fraction of sp³-hybridized carbons (Fsp3) is 0.667. The molecule has 0 aliphatic heterocycles. The van der Waals surface area contributed by atoms with Gasteiger partial charge in [0, 0.05) is 39.8 Å². The maximum atomic E-state index is 5.05. The number of anilines is 1. The number of ether oxygens (including phenoxy) is 1. The summed E-state index contributed by atoms with van der Waals surface area (Å²) in [4.78, 5) is 11.0. The first-order valence-electron chi connectivity index (χ1n) is 5.91. The summed E-state index contributed by atoms with van der Waals surface area (Å²) in [6, 6.07) is 1.95. The molecule has 0 aliphatic carbocycles. The van der Waals surface area contributed by atoms with Crippen LogP contribution in [-0.4, -0.2) is 37.3 Å². The van der Waals surface area contributed by atoms with Crippen molar-refractivity contribution in [2.75, 3.05) is 32.2 Å². The van der Waals surface area contributed by atoms with Crippen LogP contribution in [0.3, 0.4) is 0 Å². The van der Waals surface area contributed by atoms with Gasteiger partial charge in [-0.2, -0.15) is 0 Å². The summed E-state index contributed by atoms with van der Waals surface area (Å²) in [6.45, 7) is 3.84. The molecular formula is C12H20BrN3O. The summed E-state index contributed by atoms with van der Waals surface area (Å²) < 4.78 is 5.90. The number of hydrogen-bond acceptors (Lipinski definition) is 4. The lowest BCUT2D eigenvalue weighted by Gasteiger charge is -2.18. The van der Waals surface area contributed by atoms with Crippen molar-refractivity contribution in [3.8, 4) is 0 Å². The van der Waals surface area contributed by atoms with Crippen molar-refractivity contribution in [3.63, 3.8) is 0 Å². The topological polar surface area (TPSA) is 38.2 Å². The van der Waals surface area contributed by atoms with Gasteiger partial charge in [-0.25, -0.2) is 9.97 Å². The number of methoxy groups -OCH3 is 1. The smallest absolute Gasteiger partial charge is 0.133 e. The Morgan fingerprint density at radius 3 is 2.82 bits per heavy atom. The second-order valence-corrected chi connectivity index (χ2v) is 4.80. The standard InChI is InChI=1S/C12H20BrN3O/c1-4-6-11-14-10(13)9-12(15-11)16(2)7-5-8-17-3/h9H,4-8H2,1-3H3. The van der Waals surface area contributed by atoms with E-state index in [4.69, 9.17) is 4.74 Å². The zero-order valence-electron chi connectivity index (χ0n) is 10.7. The minimum Gasteiger partial charge on any atom is -0.385 e. The number of aryl methyl sites for hydroxylation is 1. The van der Waals surface area contributed by atoms with E-state index in [2.05, 4.69) is 37.7 Å². The Balaban J connectivity index is 2.67. The van der Waals surface area contributed by atoms with Crippen molar-refractivity contribution in [1.29, 1.82) is 0 Å². The molecule has 0 atom stereocenters. The number of nitrogens with zero attached hydrogens (tertiary/aromatic N) is 3. The normalized spacial score (nSPS) is 10.6. The van der Waals surface area contributed by atoms with Crippen molar-refractivity contribution in [3.05, 3.63) is 16.5 Å². The highest BCUT2D eigenvalue weighted by atomic mass is 79.9. The van der Waals surface area contributed by atoms with Gasteiger partial charge in [-0.15, -0.1) is 0 Å². The van der Waals surface area contributed by atoms with Gasteiger partial charge in [0.1, 0.15) is 16.2 Å². The van der Waals surface area contributed by atoms with Crippen LogP contribution in [0.2, 0.25) is 0 Å². The molecule has 0 unspecified atom stereocenters. The van der Waals surface area contributed by atoms with Gasteiger partial charge in [0.25, 0.3) is 0 Å². The van der Waals surface area contributed by atoms with E-state index in [-0.39, 0.29) is 0 Å². The Labute approximate surface area is 112 Å². The lowest BCUT2D eigenvalue weighted by molar-refractivity contribution is 0.196. The van der Waals surface area contributed by atoms with Gasteiger partial charge in [0.15, 0.2) is 0 Å². The van der Waals surface area contributed by atoms with Gasteiger partial charge in [-0.1, -0.05) is 6.92 Å². The molecule has 0 N–H and O–H groups in total. The van der Waals surface area contributed by atoms with Crippen LogP contribution in [-0.2, 0) is 11.2 Å². The minimum absolute atomic E-state index is 0.776. The van der Waals surface area contributed by atoms with Gasteiger partial charge in [-0.05, 0) is 28.8 Å². The molecule has 0 fully saturated rings. The third-order valence-electron chi connectivity index (χ3n) is 2.43. The Hall–Kier alpha value is -0.680. The molecule has 17 heavy (non-hydrogen) atoms. The van der Waals surface area contributed by atoms with Crippen molar-refractivity contribution in [2.45, 2.75) is 26.2 Å². The number of rotatable bonds is 7. The van der Waals surface area contributed by atoms with Crippen LogP contribution < -0.4 is 4.90 Å². The summed E-state index contributed by atoms with van der Waals surface area (Å²) >= 11 is 3.43. The Morgan fingerprint density at radius 2 is 2.18 bits per heavy atom. The first kappa shape index (κ1) is 14.4. The van der Waals surface area contributed by atoms with E-state index in [1.165, 1.54) is 0 Å². The summed E-state index contributed by atoms with van der Waals surface area (Å²) in [5, 5.41) is 0. The lowest BCUT2D eigenvalue weighted by Crippen LogP contribution is -2.21. The monoisotopic (exact) mass is 301 g/mol. The van der Waals surface area contributed by atoms with Crippen LogP contribution in [0, 0.1) is 0 Å². The molecule has 4 nitrogen and oxygen atoms in total. The second kappa shape index (κ2) is 7.61. The molecule has 0 saturated heterocycles. The molecule has 96 valence electrons. The van der Waals surface area contributed by atoms with E-state index in [0.29, 0.717) is 0 Å². The summed E-state index contributed by atoms with van der Waals surface area (Å²) in [5.41, 5.74) is 0. The fourth-order valence-electron chi connectivity index (χ4n) is 1.54. The summed E-state index contributed by atoms with van der Waals surface area (Å²) in [7, 11) is 3.76. The summed E-state index contributed by atoms with van der Waals surface area (Å²) in [6.07, 6.45) is 2.97. The van der Waals surface area contributed by atoms with E-state index in [1.807, 2.05) is 13.1 Å². The predicted octanol–water partition coefficient (Wildman–Crippen LogP) is 2.66. The largest absolute Gasteiger partial charge is 0.385 e. The van der Waals surface area contributed by atoms with E-state index in [0.717, 1.165) is 48.7 Å². The zero-order chi connectivity index (χ0) is 12.7. The Bertz CT molecular complexity index is 347. The predicted molar refractivity (Wildman–Crippen MR) is 73.5 cm³/mol. The van der Waals surface area contributed by atoms with E-state index >= 15 is 0 Å².